The maximum Gasteiger partial charge on any atom is 0.404 e. The smallest absolute Gasteiger partial charge is 0.404 e. The van der Waals surface area contributed by atoms with Crippen molar-refractivity contribution in [2.75, 3.05) is 13.2 Å². The van der Waals surface area contributed by atoms with Crippen LogP contribution in [0.4, 0.5) is 4.79 Å². The van der Waals surface area contributed by atoms with Crippen LogP contribution in [0.25, 0.3) is 10.4 Å². The van der Waals surface area contributed by atoms with Crippen molar-refractivity contribution in [2.45, 2.75) is 6.42 Å². The van der Waals surface area contributed by atoms with Crippen LogP contribution in [-0.2, 0) is 4.74 Å². The highest BCUT2D eigenvalue weighted by Crippen LogP contribution is 1.83. The molecule has 0 radical (unpaired) electrons. The van der Waals surface area contributed by atoms with Crippen molar-refractivity contribution in [2.24, 2.45) is 10.8 Å². The third kappa shape index (κ3) is 6.58. The van der Waals surface area contributed by atoms with Gasteiger partial charge in [-0.1, -0.05) is 5.11 Å². The van der Waals surface area contributed by atoms with Gasteiger partial charge in [0.05, 0.1) is 6.61 Å². The standard InChI is InChI=1S/C4H8N4O2/c5-4(9)10-3-1-2-7-8-6/h1-3H2,(H2,5,9). The van der Waals surface area contributed by atoms with Crippen molar-refractivity contribution in [3.05, 3.63) is 10.4 Å². The zero-order chi connectivity index (χ0) is 7.82. The van der Waals surface area contributed by atoms with Gasteiger partial charge >= 0.3 is 6.09 Å². The maximum atomic E-state index is 9.93. The third-order valence-corrected chi connectivity index (χ3v) is 0.710. The summed E-state index contributed by atoms with van der Waals surface area (Å²) in [5.74, 6) is 0. The summed E-state index contributed by atoms with van der Waals surface area (Å²) >= 11 is 0. The molecule has 6 nitrogen and oxygen atoms in total. The fraction of sp³-hybridized carbons (Fsp3) is 0.750. The first kappa shape index (κ1) is 8.58. The van der Waals surface area contributed by atoms with Gasteiger partial charge in [-0.05, 0) is 12.0 Å². The molecule has 0 saturated carbocycles. The Hall–Kier alpha value is -1.42. The van der Waals surface area contributed by atoms with E-state index in [9.17, 15) is 4.79 Å². The van der Waals surface area contributed by atoms with Gasteiger partial charge in [0.25, 0.3) is 0 Å². The molecule has 0 aromatic heterocycles. The first-order valence-electron chi connectivity index (χ1n) is 2.70. The van der Waals surface area contributed by atoms with E-state index in [-0.39, 0.29) is 6.61 Å². The lowest BCUT2D eigenvalue weighted by molar-refractivity contribution is 0.156. The Labute approximate surface area is 57.6 Å². The molecule has 0 bridgehead atoms. The SMILES string of the molecule is [N-]=[N+]=NCCCOC(N)=O. The summed E-state index contributed by atoms with van der Waals surface area (Å²) in [6.07, 6.45) is -0.298. The number of nitrogens with two attached hydrogens (primary N) is 1. The molecule has 1 amide bonds. The van der Waals surface area contributed by atoms with Gasteiger partial charge in [-0.3, -0.25) is 0 Å². The van der Waals surface area contributed by atoms with E-state index >= 15 is 0 Å². The molecule has 0 unspecified atom stereocenters. The Morgan fingerprint density at radius 1 is 1.80 bits per heavy atom. The first-order valence-corrected chi connectivity index (χ1v) is 2.70. The van der Waals surface area contributed by atoms with E-state index < -0.39 is 6.09 Å². The highest BCUT2D eigenvalue weighted by molar-refractivity contribution is 5.64. The minimum Gasteiger partial charge on any atom is -0.450 e. The highest BCUT2D eigenvalue weighted by atomic mass is 16.5. The van der Waals surface area contributed by atoms with Crippen LogP contribution in [-0.4, -0.2) is 19.2 Å². The Balaban J connectivity index is 3.05. The lowest BCUT2D eigenvalue weighted by atomic mass is 10.5. The summed E-state index contributed by atoms with van der Waals surface area (Å²) in [5, 5.41) is 3.22. The molecular formula is C4H8N4O2. The van der Waals surface area contributed by atoms with Gasteiger partial charge in [0.2, 0.25) is 0 Å². The number of hydrogen-bond acceptors (Lipinski definition) is 3. The van der Waals surface area contributed by atoms with E-state index in [1.165, 1.54) is 0 Å². The van der Waals surface area contributed by atoms with E-state index in [4.69, 9.17) is 5.53 Å². The summed E-state index contributed by atoms with van der Waals surface area (Å²) in [6.45, 7) is 0.526. The topological polar surface area (TPSA) is 101 Å². The van der Waals surface area contributed by atoms with Crippen LogP contribution in [0.2, 0.25) is 0 Å². The molecule has 0 aliphatic rings. The number of hydrogen-bond donors (Lipinski definition) is 1. The average Bonchev–Trinajstić information content (AvgIpc) is 1.87. The number of carbonyl (C=O) groups excluding carboxylic acids is 1. The minimum atomic E-state index is -0.805. The van der Waals surface area contributed by atoms with Crippen LogP contribution in [0, 0.1) is 0 Å². The van der Waals surface area contributed by atoms with Gasteiger partial charge in [-0.25, -0.2) is 4.79 Å². The summed E-state index contributed by atoms with van der Waals surface area (Å²) in [5.41, 5.74) is 12.4. The molecule has 0 aliphatic carbocycles. The molecule has 0 heterocycles. The van der Waals surface area contributed by atoms with Gasteiger partial charge in [0, 0.05) is 11.5 Å². The number of amides is 1. The van der Waals surface area contributed by atoms with Gasteiger partial charge in [0.1, 0.15) is 0 Å². The molecule has 6 heteroatoms. The molecule has 0 atom stereocenters. The molecule has 0 aliphatic heterocycles. The average molecular weight is 144 g/mol. The number of ether oxygens (including phenoxy) is 1. The lowest BCUT2D eigenvalue weighted by Gasteiger charge is -1.96. The van der Waals surface area contributed by atoms with Crippen LogP contribution in [0.15, 0.2) is 5.11 Å². The molecule has 0 saturated heterocycles. The van der Waals surface area contributed by atoms with Crippen molar-refractivity contribution >= 4 is 6.09 Å². The van der Waals surface area contributed by atoms with Crippen molar-refractivity contribution in [1.82, 2.24) is 0 Å². The molecule has 10 heavy (non-hydrogen) atoms. The molecule has 0 rings (SSSR count). The third-order valence-electron chi connectivity index (χ3n) is 0.710. The zero-order valence-electron chi connectivity index (χ0n) is 5.36. The minimum absolute atomic E-state index is 0.203. The molecular weight excluding hydrogens is 136 g/mol. The Bertz CT molecular complexity index is 147. The molecule has 56 valence electrons. The number of rotatable bonds is 4. The predicted molar refractivity (Wildman–Crippen MR) is 34.2 cm³/mol. The second-order valence-corrected chi connectivity index (χ2v) is 1.48. The molecule has 2 N–H and O–H groups in total. The lowest BCUT2D eigenvalue weighted by Crippen LogP contribution is -2.13. The van der Waals surface area contributed by atoms with Crippen LogP contribution < -0.4 is 5.73 Å². The number of carbonyl (C=O) groups is 1. The molecule has 0 fully saturated rings. The van der Waals surface area contributed by atoms with Crippen LogP contribution in [0.3, 0.4) is 0 Å². The van der Waals surface area contributed by atoms with E-state index in [1.54, 1.807) is 0 Å². The maximum absolute atomic E-state index is 9.93. The number of nitrogens with zero attached hydrogens (tertiary/aromatic N) is 3. The van der Waals surface area contributed by atoms with Crippen LogP contribution >= 0.6 is 0 Å². The van der Waals surface area contributed by atoms with Gasteiger partial charge in [0.15, 0.2) is 0 Å². The van der Waals surface area contributed by atoms with E-state index in [0.717, 1.165) is 0 Å². The van der Waals surface area contributed by atoms with E-state index in [1.807, 2.05) is 0 Å². The number of primary amides is 1. The molecule has 0 aromatic rings. The van der Waals surface area contributed by atoms with Crippen molar-refractivity contribution in [3.63, 3.8) is 0 Å². The Morgan fingerprint density at radius 2 is 2.50 bits per heavy atom. The zero-order valence-corrected chi connectivity index (χ0v) is 5.36. The largest absolute Gasteiger partial charge is 0.450 e. The Morgan fingerprint density at radius 3 is 3.00 bits per heavy atom. The fourth-order valence-corrected chi connectivity index (χ4v) is 0.353. The van der Waals surface area contributed by atoms with Crippen LogP contribution in [0.5, 0.6) is 0 Å². The molecule has 0 spiro atoms. The number of azide groups is 1. The second kappa shape index (κ2) is 5.71. The van der Waals surface area contributed by atoms with Crippen molar-refractivity contribution < 1.29 is 9.53 Å². The first-order chi connectivity index (χ1) is 4.77. The molecule has 0 aromatic carbocycles. The fourth-order valence-electron chi connectivity index (χ4n) is 0.353. The quantitative estimate of drug-likeness (QED) is 0.273. The van der Waals surface area contributed by atoms with Gasteiger partial charge < -0.3 is 10.5 Å². The normalized spacial score (nSPS) is 8.00. The van der Waals surface area contributed by atoms with E-state index in [2.05, 4.69) is 20.5 Å². The highest BCUT2D eigenvalue weighted by Gasteiger charge is 1.90. The summed E-state index contributed by atoms with van der Waals surface area (Å²) in [4.78, 5) is 12.4. The van der Waals surface area contributed by atoms with Gasteiger partial charge in [-0.2, -0.15) is 0 Å². The van der Waals surface area contributed by atoms with Gasteiger partial charge in [-0.15, -0.1) is 0 Å². The predicted octanol–water partition coefficient (Wildman–Crippen LogP) is 0.782. The van der Waals surface area contributed by atoms with E-state index in [0.29, 0.717) is 13.0 Å². The monoisotopic (exact) mass is 144 g/mol. The summed E-state index contributed by atoms with van der Waals surface area (Å²) in [7, 11) is 0. The second-order valence-electron chi connectivity index (χ2n) is 1.48. The Kier molecular flexibility index (Phi) is 4.90. The van der Waals surface area contributed by atoms with Crippen LogP contribution in [0.1, 0.15) is 6.42 Å². The summed E-state index contributed by atoms with van der Waals surface area (Å²) in [6, 6.07) is 0. The van der Waals surface area contributed by atoms with Crippen molar-refractivity contribution in [1.29, 1.82) is 0 Å². The summed E-state index contributed by atoms with van der Waals surface area (Å²) < 4.78 is 4.34. The van der Waals surface area contributed by atoms with Crippen molar-refractivity contribution in [3.8, 4) is 0 Å².